The van der Waals surface area contributed by atoms with Gasteiger partial charge in [0, 0.05) is 22.2 Å². The first-order valence-corrected chi connectivity index (χ1v) is 11.7. The fraction of sp³-hybridized carbons (Fsp3) is 0.136. The highest BCUT2D eigenvalue weighted by molar-refractivity contribution is 7.89. The highest BCUT2D eigenvalue weighted by Gasteiger charge is 2.24. The lowest BCUT2D eigenvalue weighted by atomic mass is 9.98. The number of carbonyl (C=O) groups excluding carboxylic acids is 1. The van der Waals surface area contributed by atoms with Gasteiger partial charge in [-0.25, -0.2) is 18.4 Å². The zero-order chi connectivity index (χ0) is 21.5. The van der Waals surface area contributed by atoms with Crippen LogP contribution in [0, 0.1) is 6.92 Å². The van der Waals surface area contributed by atoms with Crippen LogP contribution in [0.25, 0.3) is 32.5 Å². The molecule has 0 saturated heterocycles. The molecule has 0 saturated carbocycles. The highest BCUT2D eigenvalue weighted by atomic mass is 32.2. The summed E-state index contributed by atoms with van der Waals surface area (Å²) >= 11 is 1.38. The first kappa shape index (κ1) is 20.3. The first-order valence-electron chi connectivity index (χ1n) is 9.31. The predicted octanol–water partition coefficient (Wildman–Crippen LogP) is 4.70. The number of carbonyl (C=O) groups is 1. The number of sulfonamides is 1. The van der Waals surface area contributed by atoms with Crippen molar-refractivity contribution < 1.29 is 17.9 Å². The van der Waals surface area contributed by atoms with E-state index in [-0.39, 0.29) is 11.5 Å². The minimum absolute atomic E-state index is 0.0231. The van der Waals surface area contributed by atoms with Crippen molar-refractivity contribution in [2.24, 2.45) is 5.14 Å². The van der Waals surface area contributed by atoms with Crippen molar-refractivity contribution in [1.29, 1.82) is 0 Å². The number of rotatable bonds is 5. The molecule has 0 spiro atoms. The van der Waals surface area contributed by atoms with Gasteiger partial charge in [0.05, 0.1) is 11.5 Å². The number of fused-ring (bicyclic) bond motifs is 1. The van der Waals surface area contributed by atoms with Gasteiger partial charge in [-0.15, -0.1) is 11.3 Å². The molecule has 30 heavy (non-hydrogen) atoms. The molecule has 154 valence electrons. The Labute approximate surface area is 178 Å². The fourth-order valence-corrected chi connectivity index (χ4v) is 5.22. The lowest BCUT2D eigenvalue weighted by Crippen LogP contribution is -2.11. The minimum Gasteiger partial charge on any atom is -0.462 e. The molecular formula is C22H20N2O4S2. The van der Waals surface area contributed by atoms with Gasteiger partial charge in [-0.3, -0.25) is 0 Å². The second-order valence-electron chi connectivity index (χ2n) is 6.83. The van der Waals surface area contributed by atoms with Crippen molar-refractivity contribution in [1.82, 2.24) is 4.98 Å². The van der Waals surface area contributed by atoms with Crippen LogP contribution in [0.2, 0.25) is 0 Å². The molecule has 0 amide bonds. The van der Waals surface area contributed by atoms with Crippen LogP contribution in [0.4, 0.5) is 0 Å². The van der Waals surface area contributed by atoms with Gasteiger partial charge in [0.2, 0.25) is 10.0 Å². The Balaban J connectivity index is 1.89. The Hall–Kier alpha value is -2.94. The Morgan fingerprint density at radius 1 is 1.10 bits per heavy atom. The van der Waals surface area contributed by atoms with Gasteiger partial charge in [-0.2, -0.15) is 0 Å². The number of nitrogens with one attached hydrogen (secondary N) is 1. The summed E-state index contributed by atoms with van der Waals surface area (Å²) in [7, 11) is -3.79. The molecule has 4 rings (SSSR count). The maximum Gasteiger partial charge on any atom is 0.348 e. The van der Waals surface area contributed by atoms with Gasteiger partial charge in [-0.1, -0.05) is 18.2 Å². The third kappa shape index (κ3) is 3.65. The fourth-order valence-electron chi connectivity index (χ4n) is 3.48. The number of aromatic nitrogens is 1. The molecule has 0 aliphatic rings. The molecule has 8 heteroatoms. The van der Waals surface area contributed by atoms with Crippen LogP contribution in [-0.4, -0.2) is 26.0 Å². The molecule has 2 heterocycles. The number of nitrogens with two attached hydrogens (primary N) is 1. The van der Waals surface area contributed by atoms with Crippen LogP contribution < -0.4 is 5.14 Å². The second-order valence-corrected chi connectivity index (χ2v) is 9.41. The molecule has 0 unspecified atom stereocenters. The SMILES string of the molecule is CCOC(=O)c1sc(-c2ccc3[nH]ccc3c2)c(C)c1-c1ccc(S(N)(=O)=O)cc1. The number of benzene rings is 2. The maximum atomic E-state index is 12.7. The molecule has 2 aromatic heterocycles. The molecule has 6 nitrogen and oxygen atoms in total. The van der Waals surface area contributed by atoms with Crippen molar-refractivity contribution in [3.05, 3.63) is 65.2 Å². The molecule has 0 aliphatic carbocycles. The normalized spacial score (nSPS) is 11.7. The van der Waals surface area contributed by atoms with Gasteiger partial charge < -0.3 is 9.72 Å². The van der Waals surface area contributed by atoms with E-state index in [1.807, 2.05) is 31.3 Å². The zero-order valence-electron chi connectivity index (χ0n) is 16.4. The second kappa shape index (κ2) is 7.71. The lowest BCUT2D eigenvalue weighted by molar-refractivity contribution is 0.0533. The Morgan fingerprint density at radius 3 is 2.47 bits per heavy atom. The molecular weight excluding hydrogens is 420 g/mol. The smallest absolute Gasteiger partial charge is 0.348 e. The van der Waals surface area contributed by atoms with E-state index in [0.717, 1.165) is 38.0 Å². The number of primary sulfonamides is 1. The van der Waals surface area contributed by atoms with Crippen LogP contribution in [0.3, 0.4) is 0 Å². The van der Waals surface area contributed by atoms with E-state index in [4.69, 9.17) is 9.88 Å². The zero-order valence-corrected chi connectivity index (χ0v) is 18.1. The van der Waals surface area contributed by atoms with E-state index in [1.54, 1.807) is 19.1 Å². The molecule has 0 atom stereocenters. The average Bonchev–Trinajstić information content (AvgIpc) is 3.31. The van der Waals surface area contributed by atoms with Crippen molar-refractivity contribution in [3.63, 3.8) is 0 Å². The highest BCUT2D eigenvalue weighted by Crippen LogP contribution is 2.43. The van der Waals surface area contributed by atoms with Gasteiger partial charge in [0.25, 0.3) is 0 Å². The van der Waals surface area contributed by atoms with E-state index < -0.39 is 16.0 Å². The molecule has 3 N–H and O–H groups in total. The monoisotopic (exact) mass is 440 g/mol. The summed E-state index contributed by atoms with van der Waals surface area (Å²) in [5.74, 6) is -0.398. The molecule has 0 aliphatic heterocycles. The number of thiophene rings is 1. The number of ether oxygens (including phenoxy) is 1. The molecule has 0 bridgehead atoms. The van der Waals surface area contributed by atoms with E-state index in [9.17, 15) is 13.2 Å². The number of hydrogen-bond acceptors (Lipinski definition) is 5. The Morgan fingerprint density at radius 2 is 1.80 bits per heavy atom. The summed E-state index contributed by atoms with van der Waals surface area (Å²) in [6, 6.07) is 14.3. The lowest BCUT2D eigenvalue weighted by Gasteiger charge is -2.07. The summed E-state index contributed by atoms with van der Waals surface area (Å²) in [4.78, 5) is 17.4. The van der Waals surface area contributed by atoms with E-state index >= 15 is 0 Å². The summed E-state index contributed by atoms with van der Waals surface area (Å²) in [6.07, 6.45) is 1.89. The Kier molecular flexibility index (Phi) is 5.23. The standard InChI is InChI=1S/C22H20N2O4S2/c1-3-28-22(25)21-19(14-4-7-17(8-5-14)30(23,26)27)13(2)20(29-21)16-6-9-18-15(12-16)10-11-24-18/h4-12,24H,3H2,1-2H3,(H2,23,26,27). The van der Waals surface area contributed by atoms with Crippen LogP contribution in [0.15, 0.2) is 59.6 Å². The number of esters is 1. The summed E-state index contributed by atoms with van der Waals surface area (Å²) < 4.78 is 28.5. The van der Waals surface area contributed by atoms with E-state index in [0.29, 0.717) is 4.88 Å². The third-order valence-electron chi connectivity index (χ3n) is 4.89. The largest absolute Gasteiger partial charge is 0.462 e. The predicted molar refractivity (Wildman–Crippen MR) is 119 cm³/mol. The molecule has 0 fully saturated rings. The van der Waals surface area contributed by atoms with Crippen molar-refractivity contribution in [3.8, 4) is 21.6 Å². The van der Waals surface area contributed by atoms with E-state index in [2.05, 4.69) is 11.1 Å². The van der Waals surface area contributed by atoms with Crippen molar-refractivity contribution in [2.45, 2.75) is 18.7 Å². The molecule has 2 aromatic carbocycles. The summed E-state index contributed by atoms with van der Waals surface area (Å²) in [6.45, 7) is 3.99. The van der Waals surface area contributed by atoms with Crippen LogP contribution in [0.5, 0.6) is 0 Å². The topological polar surface area (TPSA) is 102 Å². The quantitative estimate of drug-likeness (QED) is 0.439. The van der Waals surface area contributed by atoms with Crippen LogP contribution in [-0.2, 0) is 14.8 Å². The van der Waals surface area contributed by atoms with Gasteiger partial charge in [0.1, 0.15) is 4.88 Å². The van der Waals surface area contributed by atoms with Crippen molar-refractivity contribution >= 4 is 38.2 Å². The third-order valence-corrected chi connectivity index (χ3v) is 7.14. The van der Waals surface area contributed by atoms with Gasteiger partial charge in [-0.05, 0) is 66.3 Å². The van der Waals surface area contributed by atoms with E-state index in [1.165, 1.54) is 23.5 Å². The maximum absolute atomic E-state index is 12.7. The Bertz CT molecular complexity index is 1350. The average molecular weight is 441 g/mol. The molecule has 4 aromatic rings. The molecule has 0 radical (unpaired) electrons. The number of hydrogen-bond donors (Lipinski definition) is 2. The van der Waals surface area contributed by atoms with Gasteiger partial charge >= 0.3 is 5.97 Å². The first-order chi connectivity index (χ1) is 14.3. The number of H-pyrrole nitrogens is 1. The summed E-state index contributed by atoms with van der Waals surface area (Å²) in [5.41, 5.74) is 4.44. The summed E-state index contributed by atoms with van der Waals surface area (Å²) in [5, 5.41) is 6.29. The van der Waals surface area contributed by atoms with Crippen LogP contribution >= 0.6 is 11.3 Å². The van der Waals surface area contributed by atoms with Crippen molar-refractivity contribution in [2.75, 3.05) is 6.61 Å². The minimum atomic E-state index is -3.79. The van der Waals surface area contributed by atoms with Gasteiger partial charge in [0.15, 0.2) is 0 Å². The van der Waals surface area contributed by atoms with Crippen LogP contribution in [0.1, 0.15) is 22.2 Å². The number of aromatic amines is 1.